The molecule has 1 saturated heterocycles. The number of fused-ring (bicyclic) bond motifs is 1. The third-order valence-electron chi connectivity index (χ3n) is 5.30. The van der Waals surface area contributed by atoms with Crippen molar-refractivity contribution in [1.29, 1.82) is 0 Å². The number of rotatable bonds is 3. The highest BCUT2D eigenvalue weighted by molar-refractivity contribution is 7.13. The number of halogens is 1. The van der Waals surface area contributed by atoms with Gasteiger partial charge in [0.15, 0.2) is 11.5 Å². The average molecular weight is 427 g/mol. The maximum Gasteiger partial charge on any atom is 0.273 e. The van der Waals surface area contributed by atoms with Gasteiger partial charge in [-0.2, -0.15) is 0 Å². The van der Waals surface area contributed by atoms with E-state index in [1.807, 2.05) is 52.7 Å². The maximum absolute atomic E-state index is 13.3. The van der Waals surface area contributed by atoms with Crippen molar-refractivity contribution < 1.29 is 14.3 Å². The van der Waals surface area contributed by atoms with Crippen LogP contribution < -0.4 is 9.47 Å². The van der Waals surface area contributed by atoms with Gasteiger partial charge in [0.2, 0.25) is 0 Å². The highest BCUT2D eigenvalue weighted by atomic mass is 35.5. The van der Waals surface area contributed by atoms with Crippen LogP contribution >= 0.6 is 22.9 Å². The van der Waals surface area contributed by atoms with E-state index in [9.17, 15) is 4.79 Å². The third kappa shape index (κ3) is 3.36. The molecule has 1 atom stereocenters. The second-order valence-corrected chi connectivity index (χ2v) is 8.31. The Morgan fingerprint density at radius 3 is 2.90 bits per heavy atom. The number of hydrogen-bond donors (Lipinski definition) is 0. The summed E-state index contributed by atoms with van der Waals surface area (Å²) in [6, 6.07) is 13.4. The van der Waals surface area contributed by atoms with Gasteiger partial charge in [-0.05, 0) is 25.0 Å². The van der Waals surface area contributed by atoms with Crippen LogP contribution in [-0.2, 0) is 0 Å². The van der Waals surface area contributed by atoms with Crippen LogP contribution in [0, 0.1) is 0 Å². The van der Waals surface area contributed by atoms with E-state index >= 15 is 0 Å². The number of nitrogens with zero attached hydrogens (tertiary/aromatic N) is 2. The topological polar surface area (TPSA) is 51.7 Å². The summed E-state index contributed by atoms with van der Waals surface area (Å²) in [5, 5.41) is 3.20. The molecule has 1 unspecified atom stereocenters. The lowest BCUT2D eigenvalue weighted by atomic mass is 10.0. The monoisotopic (exact) mass is 426 g/mol. The summed E-state index contributed by atoms with van der Waals surface area (Å²) < 4.78 is 11.6. The van der Waals surface area contributed by atoms with Crippen LogP contribution in [-0.4, -0.2) is 35.5 Å². The Bertz CT molecular complexity index is 1070. The first-order valence-corrected chi connectivity index (χ1v) is 10.9. The highest BCUT2D eigenvalue weighted by Gasteiger charge is 2.34. The van der Waals surface area contributed by atoms with Crippen LogP contribution in [0.4, 0.5) is 0 Å². The number of thiazole rings is 1. The van der Waals surface area contributed by atoms with Crippen molar-refractivity contribution >= 4 is 28.8 Å². The van der Waals surface area contributed by atoms with Gasteiger partial charge in [-0.3, -0.25) is 4.79 Å². The number of benzene rings is 2. The fourth-order valence-corrected chi connectivity index (χ4v) is 5.08. The lowest BCUT2D eigenvalue weighted by Crippen LogP contribution is -2.31. The maximum atomic E-state index is 13.3. The van der Waals surface area contributed by atoms with Crippen LogP contribution in [0.25, 0.3) is 10.6 Å². The molecular formula is C22H19ClN2O3S. The number of para-hydroxylation sites is 1. The normalized spacial score (nSPS) is 18.1. The lowest BCUT2D eigenvalue weighted by Gasteiger charge is -2.28. The Labute approximate surface area is 177 Å². The van der Waals surface area contributed by atoms with Gasteiger partial charge < -0.3 is 14.4 Å². The number of carbonyl (C=O) groups excluding carboxylic acids is 1. The standard InChI is InChI=1S/C22H19ClN2O3S/c23-16-7-2-1-5-14(16)21-24-17(13-29-21)22(26)25-10-4-8-18(25)15-6-3-9-19-20(15)28-12-11-27-19/h1-3,5-7,9,13,18H,4,8,10-12H2. The lowest BCUT2D eigenvalue weighted by molar-refractivity contribution is 0.0726. The van der Waals surface area contributed by atoms with Crippen LogP contribution in [0.5, 0.6) is 11.5 Å². The molecule has 1 aromatic heterocycles. The smallest absolute Gasteiger partial charge is 0.273 e. The number of ether oxygens (including phenoxy) is 2. The van der Waals surface area contributed by atoms with Gasteiger partial charge in [0.1, 0.15) is 23.9 Å². The zero-order valence-electron chi connectivity index (χ0n) is 15.6. The van der Waals surface area contributed by atoms with E-state index < -0.39 is 0 Å². The molecule has 0 spiro atoms. The van der Waals surface area contributed by atoms with E-state index in [1.165, 1.54) is 11.3 Å². The van der Waals surface area contributed by atoms with E-state index in [1.54, 1.807) is 0 Å². The summed E-state index contributed by atoms with van der Waals surface area (Å²) >= 11 is 7.73. The minimum Gasteiger partial charge on any atom is -0.486 e. The molecule has 3 aromatic rings. The van der Waals surface area contributed by atoms with Gasteiger partial charge in [0, 0.05) is 23.1 Å². The van der Waals surface area contributed by atoms with E-state index in [0.717, 1.165) is 40.5 Å². The highest BCUT2D eigenvalue weighted by Crippen LogP contribution is 2.43. The van der Waals surface area contributed by atoms with Gasteiger partial charge in [-0.25, -0.2) is 4.98 Å². The first-order chi connectivity index (χ1) is 14.2. The number of likely N-dealkylation sites (tertiary alicyclic amines) is 1. The molecule has 0 saturated carbocycles. The molecule has 1 amide bonds. The molecule has 7 heteroatoms. The van der Waals surface area contributed by atoms with E-state index in [4.69, 9.17) is 21.1 Å². The average Bonchev–Trinajstić information content (AvgIpc) is 3.43. The minimum absolute atomic E-state index is 0.0374. The molecule has 29 heavy (non-hydrogen) atoms. The fourth-order valence-electron chi connectivity index (χ4n) is 3.97. The molecule has 0 N–H and O–H groups in total. The Balaban J connectivity index is 1.44. The van der Waals surface area contributed by atoms with Crippen molar-refractivity contribution in [3.63, 3.8) is 0 Å². The molecule has 148 valence electrons. The summed E-state index contributed by atoms with van der Waals surface area (Å²) in [6.45, 7) is 1.78. The summed E-state index contributed by atoms with van der Waals surface area (Å²) in [5.74, 6) is 1.46. The van der Waals surface area contributed by atoms with E-state index in [-0.39, 0.29) is 11.9 Å². The molecule has 2 aliphatic heterocycles. The van der Waals surface area contributed by atoms with Crippen LogP contribution in [0.1, 0.15) is 34.9 Å². The molecule has 0 radical (unpaired) electrons. The number of carbonyl (C=O) groups is 1. The van der Waals surface area contributed by atoms with Gasteiger partial charge in [0.05, 0.1) is 11.1 Å². The quantitative estimate of drug-likeness (QED) is 0.576. The zero-order valence-corrected chi connectivity index (χ0v) is 17.2. The summed E-state index contributed by atoms with van der Waals surface area (Å²) in [4.78, 5) is 19.8. The molecule has 0 bridgehead atoms. The zero-order chi connectivity index (χ0) is 19.8. The van der Waals surface area contributed by atoms with Crippen molar-refractivity contribution in [2.75, 3.05) is 19.8 Å². The Kier molecular flexibility index (Phi) is 4.89. The van der Waals surface area contributed by atoms with Crippen molar-refractivity contribution in [3.05, 3.63) is 64.1 Å². The largest absolute Gasteiger partial charge is 0.486 e. The third-order valence-corrected chi connectivity index (χ3v) is 6.50. The van der Waals surface area contributed by atoms with Crippen molar-refractivity contribution in [2.45, 2.75) is 18.9 Å². The molecule has 3 heterocycles. The number of amides is 1. The van der Waals surface area contributed by atoms with E-state index in [2.05, 4.69) is 4.98 Å². The van der Waals surface area contributed by atoms with Crippen LogP contribution in [0.2, 0.25) is 5.02 Å². The second kappa shape index (κ2) is 7.69. The molecule has 5 nitrogen and oxygen atoms in total. The molecule has 0 aliphatic carbocycles. The fraction of sp³-hybridized carbons (Fsp3) is 0.273. The Hall–Kier alpha value is -2.57. The van der Waals surface area contributed by atoms with Crippen molar-refractivity contribution in [3.8, 4) is 22.1 Å². The Morgan fingerprint density at radius 2 is 2.00 bits per heavy atom. The molecule has 5 rings (SSSR count). The predicted octanol–water partition coefficient (Wildman–Crippen LogP) is 5.21. The summed E-state index contributed by atoms with van der Waals surface area (Å²) in [5.41, 5.74) is 2.31. The van der Waals surface area contributed by atoms with Crippen LogP contribution in [0.3, 0.4) is 0 Å². The Morgan fingerprint density at radius 1 is 1.14 bits per heavy atom. The first-order valence-electron chi connectivity index (χ1n) is 9.62. The first kappa shape index (κ1) is 18.5. The predicted molar refractivity (Wildman–Crippen MR) is 113 cm³/mol. The summed E-state index contributed by atoms with van der Waals surface area (Å²) in [6.07, 6.45) is 1.84. The van der Waals surface area contributed by atoms with Gasteiger partial charge in [-0.1, -0.05) is 41.9 Å². The molecule has 1 fully saturated rings. The van der Waals surface area contributed by atoms with Gasteiger partial charge in [0.25, 0.3) is 5.91 Å². The molecule has 2 aliphatic rings. The molecular weight excluding hydrogens is 408 g/mol. The van der Waals surface area contributed by atoms with E-state index in [0.29, 0.717) is 30.5 Å². The minimum atomic E-state index is -0.0589. The van der Waals surface area contributed by atoms with Crippen LogP contribution in [0.15, 0.2) is 47.8 Å². The summed E-state index contributed by atoms with van der Waals surface area (Å²) in [7, 11) is 0. The SMILES string of the molecule is O=C(c1csc(-c2ccccc2Cl)n1)N1CCCC1c1cccc2c1OCCO2. The van der Waals surface area contributed by atoms with Gasteiger partial charge >= 0.3 is 0 Å². The number of hydrogen-bond acceptors (Lipinski definition) is 5. The van der Waals surface area contributed by atoms with Crippen molar-refractivity contribution in [2.24, 2.45) is 0 Å². The van der Waals surface area contributed by atoms with Gasteiger partial charge in [-0.15, -0.1) is 11.3 Å². The number of aromatic nitrogens is 1. The molecule has 2 aromatic carbocycles. The second-order valence-electron chi connectivity index (χ2n) is 7.05. The van der Waals surface area contributed by atoms with Crippen molar-refractivity contribution in [1.82, 2.24) is 9.88 Å².